The molecule has 0 saturated heterocycles. The van der Waals surface area contributed by atoms with Crippen LogP contribution in [0.5, 0.6) is 0 Å². The van der Waals surface area contributed by atoms with E-state index in [0.29, 0.717) is 6.54 Å². The van der Waals surface area contributed by atoms with Gasteiger partial charge in [0.15, 0.2) is 0 Å². The summed E-state index contributed by atoms with van der Waals surface area (Å²) in [6.45, 7) is 6.83. The molecule has 4 heteroatoms. The summed E-state index contributed by atoms with van der Waals surface area (Å²) in [5, 5.41) is 8.81. The van der Waals surface area contributed by atoms with Crippen molar-refractivity contribution in [3.8, 4) is 0 Å². The van der Waals surface area contributed by atoms with Crippen molar-refractivity contribution in [2.24, 2.45) is 5.92 Å². The van der Waals surface area contributed by atoms with Crippen LogP contribution in [0.15, 0.2) is 30.3 Å². The van der Waals surface area contributed by atoms with E-state index in [9.17, 15) is 9.59 Å². The summed E-state index contributed by atoms with van der Waals surface area (Å²) in [6.07, 6.45) is 0.892. The van der Waals surface area contributed by atoms with Crippen molar-refractivity contribution in [3.63, 3.8) is 0 Å². The lowest BCUT2D eigenvalue weighted by Crippen LogP contribution is -2.38. The molecule has 0 aliphatic rings. The zero-order valence-electron chi connectivity index (χ0n) is 13.1. The number of nitrogens with zero attached hydrogens (tertiary/aromatic N) is 1. The van der Waals surface area contributed by atoms with E-state index in [1.54, 1.807) is 4.90 Å². The molecule has 0 aliphatic heterocycles. The van der Waals surface area contributed by atoms with Crippen molar-refractivity contribution in [2.45, 2.75) is 39.5 Å². The minimum atomic E-state index is -0.874. The Hall–Kier alpha value is -1.84. The van der Waals surface area contributed by atoms with Crippen LogP contribution in [0.1, 0.15) is 45.1 Å². The molecule has 0 heterocycles. The van der Waals surface area contributed by atoms with Crippen LogP contribution in [0.3, 0.4) is 0 Å². The highest BCUT2D eigenvalue weighted by Crippen LogP contribution is 2.29. The largest absolute Gasteiger partial charge is 0.481 e. The molecule has 21 heavy (non-hydrogen) atoms. The molecule has 1 aromatic rings. The topological polar surface area (TPSA) is 57.6 Å². The first kappa shape index (κ1) is 17.2. The number of hydrogen-bond acceptors (Lipinski definition) is 2. The fourth-order valence-electron chi connectivity index (χ4n) is 2.46. The fourth-order valence-corrected chi connectivity index (χ4v) is 2.46. The van der Waals surface area contributed by atoms with Crippen molar-refractivity contribution in [1.82, 2.24) is 4.90 Å². The molecule has 0 aliphatic carbocycles. The lowest BCUT2D eigenvalue weighted by Gasteiger charge is -2.29. The van der Waals surface area contributed by atoms with E-state index in [-0.39, 0.29) is 30.7 Å². The molecule has 1 amide bonds. The lowest BCUT2D eigenvalue weighted by molar-refractivity contribution is -0.139. The second-order valence-electron chi connectivity index (χ2n) is 5.34. The first-order valence-corrected chi connectivity index (χ1v) is 7.56. The van der Waals surface area contributed by atoms with Gasteiger partial charge in [0.2, 0.25) is 5.91 Å². The van der Waals surface area contributed by atoms with Crippen LogP contribution in [-0.4, -0.2) is 35.0 Å². The summed E-state index contributed by atoms with van der Waals surface area (Å²) in [5.74, 6) is -0.830. The summed E-state index contributed by atoms with van der Waals surface area (Å²) < 4.78 is 0. The van der Waals surface area contributed by atoms with E-state index in [1.165, 1.54) is 0 Å². The molecule has 0 radical (unpaired) electrons. The molecule has 1 N–H and O–H groups in total. The Morgan fingerprint density at radius 1 is 1.19 bits per heavy atom. The normalized spacial score (nSPS) is 13.5. The van der Waals surface area contributed by atoms with E-state index in [1.807, 2.05) is 37.3 Å². The molecular weight excluding hydrogens is 266 g/mol. The number of aliphatic carboxylic acids is 1. The summed E-state index contributed by atoms with van der Waals surface area (Å²) in [4.78, 5) is 25.2. The van der Waals surface area contributed by atoms with Gasteiger partial charge >= 0.3 is 5.97 Å². The van der Waals surface area contributed by atoms with Gasteiger partial charge in [0.1, 0.15) is 0 Å². The third kappa shape index (κ3) is 4.88. The molecule has 0 fully saturated rings. The van der Waals surface area contributed by atoms with Gasteiger partial charge in [-0.2, -0.15) is 0 Å². The number of carboxylic acid groups (broad SMARTS) is 1. The van der Waals surface area contributed by atoms with E-state index in [4.69, 9.17) is 5.11 Å². The first-order chi connectivity index (χ1) is 10.0. The Balaban J connectivity index is 2.96. The smallest absolute Gasteiger partial charge is 0.305 e. The van der Waals surface area contributed by atoms with Crippen molar-refractivity contribution in [1.29, 1.82) is 0 Å². The molecule has 0 saturated carbocycles. The quantitative estimate of drug-likeness (QED) is 0.800. The molecule has 0 aromatic heterocycles. The number of rotatable bonds is 8. The minimum Gasteiger partial charge on any atom is -0.481 e. The molecule has 1 aromatic carbocycles. The average Bonchev–Trinajstić information content (AvgIpc) is 2.48. The van der Waals surface area contributed by atoms with Crippen LogP contribution in [0.25, 0.3) is 0 Å². The highest BCUT2D eigenvalue weighted by atomic mass is 16.4. The van der Waals surface area contributed by atoms with Crippen molar-refractivity contribution < 1.29 is 14.7 Å². The Bertz CT molecular complexity index is 458. The van der Waals surface area contributed by atoms with E-state index >= 15 is 0 Å². The number of amides is 1. The monoisotopic (exact) mass is 291 g/mol. The maximum atomic E-state index is 12.8. The molecule has 0 bridgehead atoms. The minimum absolute atomic E-state index is 0.0123. The standard InChI is InChI=1S/C17H25NO3/c1-4-13(3)16(14-9-7-6-8-10-14)17(21)18(5-2)12-11-15(19)20/h6-10,13,16H,4-5,11-12H2,1-3H3,(H,19,20). The molecular formula is C17H25NO3. The van der Waals surface area contributed by atoms with Gasteiger partial charge in [-0.3, -0.25) is 9.59 Å². The summed E-state index contributed by atoms with van der Waals surface area (Å²) in [5.41, 5.74) is 1.01. The van der Waals surface area contributed by atoms with Gasteiger partial charge < -0.3 is 10.0 Å². The van der Waals surface area contributed by atoms with E-state index < -0.39 is 5.97 Å². The number of hydrogen-bond donors (Lipinski definition) is 1. The molecule has 116 valence electrons. The Kier molecular flexibility index (Phi) is 6.92. The maximum absolute atomic E-state index is 12.8. The Labute approximate surface area is 126 Å². The zero-order valence-corrected chi connectivity index (χ0v) is 13.1. The summed E-state index contributed by atoms with van der Waals surface area (Å²) >= 11 is 0. The van der Waals surface area contributed by atoms with Gasteiger partial charge in [-0.15, -0.1) is 0 Å². The molecule has 1 rings (SSSR count). The van der Waals surface area contributed by atoms with Gasteiger partial charge in [-0.05, 0) is 18.4 Å². The van der Waals surface area contributed by atoms with Crippen LogP contribution in [0.2, 0.25) is 0 Å². The fraction of sp³-hybridized carbons (Fsp3) is 0.529. The molecule has 4 nitrogen and oxygen atoms in total. The Morgan fingerprint density at radius 2 is 1.81 bits per heavy atom. The van der Waals surface area contributed by atoms with Gasteiger partial charge in [-0.1, -0.05) is 50.6 Å². The number of likely N-dealkylation sites (N-methyl/N-ethyl adjacent to an activating group) is 1. The maximum Gasteiger partial charge on any atom is 0.305 e. The van der Waals surface area contributed by atoms with Crippen molar-refractivity contribution in [3.05, 3.63) is 35.9 Å². The highest BCUT2D eigenvalue weighted by molar-refractivity contribution is 5.84. The number of carbonyl (C=O) groups excluding carboxylic acids is 1. The summed E-state index contributed by atoms with van der Waals surface area (Å²) in [7, 11) is 0. The molecule has 0 spiro atoms. The lowest BCUT2D eigenvalue weighted by atomic mass is 9.84. The summed E-state index contributed by atoms with van der Waals surface area (Å²) in [6, 6.07) is 9.75. The van der Waals surface area contributed by atoms with Crippen molar-refractivity contribution >= 4 is 11.9 Å². The molecule has 2 atom stereocenters. The predicted molar refractivity (Wildman–Crippen MR) is 83.1 cm³/mol. The van der Waals surface area contributed by atoms with Crippen LogP contribution in [-0.2, 0) is 9.59 Å². The Morgan fingerprint density at radius 3 is 2.29 bits per heavy atom. The third-order valence-electron chi connectivity index (χ3n) is 3.93. The number of carboxylic acids is 1. The SMILES string of the molecule is CCC(C)C(C(=O)N(CC)CCC(=O)O)c1ccccc1. The van der Waals surface area contributed by atoms with Gasteiger partial charge in [-0.25, -0.2) is 0 Å². The van der Waals surface area contributed by atoms with Crippen LogP contribution >= 0.6 is 0 Å². The van der Waals surface area contributed by atoms with Gasteiger partial charge in [0, 0.05) is 13.1 Å². The average molecular weight is 291 g/mol. The third-order valence-corrected chi connectivity index (χ3v) is 3.93. The van der Waals surface area contributed by atoms with Crippen LogP contribution in [0, 0.1) is 5.92 Å². The zero-order chi connectivity index (χ0) is 15.8. The highest BCUT2D eigenvalue weighted by Gasteiger charge is 2.29. The number of carbonyl (C=O) groups is 2. The second kappa shape index (κ2) is 8.45. The van der Waals surface area contributed by atoms with E-state index in [2.05, 4.69) is 13.8 Å². The predicted octanol–water partition coefficient (Wildman–Crippen LogP) is 3.14. The van der Waals surface area contributed by atoms with Crippen molar-refractivity contribution in [2.75, 3.05) is 13.1 Å². The van der Waals surface area contributed by atoms with E-state index in [0.717, 1.165) is 12.0 Å². The van der Waals surface area contributed by atoms with Gasteiger partial charge in [0.25, 0.3) is 0 Å². The second-order valence-corrected chi connectivity index (χ2v) is 5.34. The number of benzene rings is 1. The molecule has 2 unspecified atom stereocenters. The first-order valence-electron chi connectivity index (χ1n) is 7.56. The van der Waals surface area contributed by atoms with Crippen LogP contribution < -0.4 is 0 Å². The van der Waals surface area contributed by atoms with Crippen LogP contribution in [0.4, 0.5) is 0 Å². The van der Waals surface area contributed by atoms with Gasteiger partial charge in [0.05, 0.1) is 12.3 Å².